The number of benzene rings is 1. The van der Waals surface area contributed by atoms with Crippen LogP contribution in [-0.2, 0) is 10.2 Å². The van der Waals surface area contributed by atoms with Crippen LogP contribution in [0.3, 0.4) is 0 Å². The number of nitrogens with one attached hydrogen (secondary N) is 1. The summed E-state index contributed by atoms with van der Waals surface area (Å²) in [7, 11) is -1.75. The van der Waals surface area contributed by atoms with E-state index in [9.17, 15) is 8.42 Å². The van der Waals surface area contributed by atoms with E-state index in [1.807, 2.05) is 43.5 Å². The smallest absolute Gasteiger partial charge is 0.281 e. The van der Waals surface area contributed by atoms with Gasteiger partial charge < -0.3 is 4.98 Å². The number of aromatic nitrogens is 2. The van der Waals surface area contributed by atoms with Gasteiger partial charge in [0.2, 0.25) is 0 Å². The molecule has 0 aliphatic carbocycles. The number of hydrogen-bond donors (Lipinski definition) is 1. The fraction of sp³-hybridized carbons (Fsp3) is 0.471. The largest absolute Gasteiger partial charge is 0.342 e. The number of piperidine rings is 1. The molecule has 1 aliphatic heterocycles. The molecule has 1 fully saturated rings. The molecule has 130 valence electrons. The van der Waals surface area contributed by atoms with Gasteiger partial charge in [0.1, 0.15) is 5.82 Å². The molecule has 2 heterocycles. The highest BCUT2D eigenvalue weighted by molar-refractivity contribution is 7.86. The van der Waals surface area contributed by atoms with Gasteiger partial charge in [-0.3, -0.25) is 0 Å². The zero-order valence-corrected chi connectivity index (χ0v) is 15.0. The van der Waals surface area contributed by atoms with Crippen molar-refractivity contribution in [3.05, 3.63) is 42.4 Å². The normalized spacial score (nSPS) is 19.7. The molecule has 1 aromatic carbocycles. The van der Waals surface area contributed by atoms with Crippen LogP contribution < -0.4 is 0 Å². The van der Waals surface area contributed by atoms with Crippen LogP contribution in [0.25, 0.3) is 11.3 Å². The molecule has 1 atom stereocenters. The van der Waals surface area contributed by atoms with Crippen LogP contribution in [0.5, 0.6) is 0 Å². The number of imidazole rings is 1. The first kappa shape index (κ1) is 17.1. The van der Waals surface area contributed by atoms with E-state index in [1.54, 1.807) is 11.4 Å². The summed E-state index contributed by atoms with van der Waals surface area (Å²) in [5, 5.41) is 0. The Morgan fingerprint density at radius 1 is 1.33 bits per heavy atom. The minimum Gasteiger partial charge on any atom is -0.342 e. The lowest BCUT2D eigenvalue weighted by Gasteiger charge is -2.33. The lowest BCUT2D eigenvalue weighted by atomic mass is 9.99. The van der Waals surface area contributed by atoms with Gasteiger partial charge in [-0.2, -0.15) is 17.0 Å². The van der Waals surface area contributed by atoms with Crippen molar-refractivity contribution in [2.24, 2.45) is 0 Å². The third kappa shape index (κ3) is 3.38. The lowest BCUT2D eigenvalue weighted by Crippen LogP contribution is -2.46. The van der Waals surface area contributed by atoms with Gasteiger partial charge in [-0.25, -0.2) is 4.98 Å². The van der Waals surface area contributed by atoms with Crippen molar-refractivity contribution >= 4 is 10.2 Å². The average Bonchev–Trinajstić information content (AvgIpc) is 3.12. The Morgan fingerprint density at radius 2 is 2.08 bits per heavy atom. The second-order valence-electron chi connectivity index (χ2n) is 6.17. The quantitative estimate of drug-likeness (QED) is 0.902. The van der Waals surface area contributed by atoms with E-state index in [0.29, 0.717) is 19.6 Å². The Hall–Kier alpha value is -1.70. The summed E-state index contributed by atoms with van der Waals surface area (Å²) in [5.41, 5.74) is 2.05. The monoisotopic (exact) mass is 348 g/mol. The van der Waals surface area contributed by atoms with Crippen molar-refractivity contribution in [3.63, 3.8) is 0 Å². The van der Waals surface area contributed by atoms with Gasteiger partial charge in [-0.1, -0.05) is 37.3 Å². The number of rotatable bonds is 5. The SMILES string of the molecule is CCN(C)S(=O)(=O)N1CCCC(c2ncc(-c3ccccc3)[nH]2)C1. The van der Waals surface area contributed by atoms with Gasteiger partial charge in [0.05, 0.1) is 11.9 Å². The summed E-state index contributed by atoms with van der Waals surface area (Å²) in [4.78, 5) is 7.88. The second kappa shape index (κ2) is 7.04. The first-order chi connectivity index (χ1) is 11.5. The molecule has 0 spiro atoms. The van der Waals surface area contributed by atoms with E-state index in [4.69, 9.17) is 0 Å². The molecule has 1 saturated heterocycles. The van der Waals surface area contributed by atoms with Crippen molar-refractivity contribution in [3.8, 4) is 11.3 Å². The van der Waals surface area contributed by atoms with Gasteiger partial charge in [0, 0.05) is 32.6 Å². The maximum atomic E-state index is 12.5. The fourth-order valence-electron chi connectivity index (χ4n) is 3.04. The van der Waals surface area contributed by atoms with Crippen LogP contribution in [0.4, 0.5) is 0 Å². The summed E-state index contributed by atoms with van der Waals surface area (Å²) in [6, 6.07) is 10.0. The Labute approximate surface area is 143 Å². The highest BCUT2D eigenvalue weighted by Crippen LogP contribution is 2.28. The van der Waals surface area contributed by atoms with Crippen molar-refractivity contribution < 1.29 is 8.42 Å². The number of aromatic amines is 1. The highest BCUT2D eigenvalue weighted by atomic mass is 32.2. The van der Waals surface area contributed by atoms with Crippen molar-refractivity contribution in [1.29, 1.82) is 0 Å². The molecule has 6 nitrogen and oxygen atoms in total. The standard InChI is InChI=1S/C17H24N4O2S/c1-3-20(2)24(22,23)21-11-7-10-15(13-21)17-18-12-16(19-17)14-8-5-4-6-9-14/h4-6,8-9,12,15H,3,7,10-11,13H2,1-2H3,(H,18,19). The molecule has 0 bridgehead atoms. The Morgan fingerprint density at radius 3 is 2.79 bits per heavy atom. The molecular weight excluding hydrogens is 324 g/mol. The number of H-pyrrole nitrogens is 1. The first-order valence-electron chi connectivity index (χ1n) is 8.34. The second-order valence-corrected chi connectivity index (χ2v) is 8.20. The van der Waals surface area contributed by atoms with Crippen molar-refractivity contribution in [2.75, 3.05) is 26.7 Å². The molecule has 1 unspecified atom stereocenters. The van der Waals surface area contributed by atoms with Crippen LogP contribution in [0.1, 0.15) is 31.5 Å². The number of nitrogens with zero attached hydrogens (tertiary/aromatic N) is 3. The summed E-state index contributed by atoms with van der Waals surface area (Å²) >= 11 is 0. The van der Waals surface area contributed by atoms with Crippen molar-refractivity contribution in [2.45, 2.75) is 25.7 Å². The van der Waals surface area contributed by atoms with E-state index in [2.05, 4.69) is 9.97 Å². The molecule has 0 saturated carbocycles. The maximum Gasteiger partial charge on any atom is 0.281 e. The topological polar surface area (TPSA) is 69.3 Å². The van der Waals surface area contributed by atoms with Gasteiger partial charge in [0.25, 0.3) is 10.2 Å². The Balaban J connectivity index is 1.77. The molecule has 24 heavy (non-hydrogen) atoms. The third-order valence-electron chi connectivity index (χ3n) is 4.62. The van der Waals surface area contributed by atoms with Crippen LogP contribution >= 0.6 is 0 Å². The average molecular weight is 348 g/mol. The zero-order valence-electron chi connectivity index (χ0n) is 14.1. The van der Waals surface area contributed by atoms with E-state index < -0.39 is 10.2 Å². The Kier molecular flexibility index (Phi) is 5.03. The zero-order chi connectivity index (χ0) is 17.2. The maximum absolute atomic E-state index is 12.5. The van der Waals surface area contributed by atoms with Gasteiger partial charge in [-0.15, -0.1) is 0 Å². The predicted molar refractivity (Wildman–Crippen MR) is 94.8 cm³/mol. The van der Waals surface area contributed by atoms with Crippen LogP contribution in [0.2, 0.25) is 0 Å². The van der Waals surface area contributed by atoms with Crippen molar-refractivity contribution in [1.82, 2.24) is 18.6 Å². The molecule has 1 aromatic heterocycles. The molecular formula is C17H24N4O2S. The molecule has 7 heteroatoms. The highest BCUT2D eigenvalue weighted by Gasteiger charge is 2.32. The first-order valence-corrected chi connectivity index (χ1v) is 9.73. The molecule has 1 N–H and O–H groups in total. The molecule has 0 amide bonds. The van der Waals surface area contributed by atoms with Crippen LogP contribution in [0, 0.1) is 0 Å². The summed E-state index contributed by atoms with van der Waals surface area (Å²) in [5.74, 6) is 0.976. The van der Waals surface area contributed by atoms with Crippen LogP contribution in [0.15, 0.2) is 36.5 Å². The molecule has 3 rings (SSSR count). The van der Waals surface area contributed by atoms with Crippen LogP contribution in [-0.4, -0.2) is 53.7 Å². The minimum absolute atomic E-state index is 0.108. The summed E-state index contributed by atoms with van der Waals surface area (Å²) in [6.45, 7) is 3.38. The van der Waals surface area contributed by atoms with Gasteiger partial charge in [-0.05, 0) is 18.4 Å². The van der Waals surface area contributed by atoms with Gasteiger partial charge in [0.15, 0.2) is 0 Å². The number of hydrogen-bond acceptors (Lipinski definition) is 3. The van der Waals surface area contributed by atoms with E-state index in [1.165, 1.54) is 4.31 Å². The molecule has 1 aliphatic rings. The summed E-state index contributed by atoms with van der Waals surface area (Å²) in [6.07, 6.45) is 3.63. The third-order valence-corrected chi connectivity index (χ3v) is 6.65. The fourth-order valence-corrected chi connectivity index (χ4v) is 4.49. The Bertz CT molecular complexity index is 773. The minimum atomic E-state index is -3.37. The molecule has 0 radical (unpaired) electrons. The lowest BCUT2D eigenvalue weighted by molar-refractivity contribution is 0.289. The predicted octanol–water partition coefficient (Wildman–Crippen LogP) is 2.45. The van der Waals surface area contributed by atoms with E-state index in [-0.39, 0.29) is 5.92 Å². The molecule has 2 aromatic rings. The van der Waals surface area contributed by atoms with E-state index >= 15 is 0 Å². The van der Waals surface area contributed by atoms with Gasteiger partial charge >= 0.3 is 0 Å². The van der Waals surface area contributed by atoms with E-state index in [0.717, 1.165) is 29.9 Å². The summed E-state index contributed by atoms with van der Waals surface area (Å²) < 4.78 is 28.1.